The Morgan fingerprint density at radius 3 is 1.92 bits per heavy atom. The van der Waals surface area contributed by atoms with Crippen LogP contribution in [-0.4, -0.2) is 48.9 Å². The zero-order valence-corrected chi connectivity index (χ0v) is 9.72. The summed E-state index contributed by atoms with van der Waals surface area (Å²) in [6.45, 7) is 6.95. The maximum Gasteiger partial charge on any atom is 0.224 e. The van der Waals surface area contributed by atoms with Gasteiger partial charge in [0.1, 0.15) is 0 Å². The molecule has 0 rings (SSSR count). The highest BCUT2D eigenvalue weighted by Crippen LogP contribution is 2.11. The van der Waals surface area contributed by atoms with Gasteiger partial charge in [0, 0.05) is 25.6 Å². The van der Waals surface area contributed by atoms with Crippen molar-refractivity contribution in [2.24, 2.45) is 0 Å². The predicted octanol–water partition coefficient (Wildman–Crippen LogP) is 1.19. The van der Waals surface area contributed by atoms with Gasteiger partial charge in [0.05, 0.1) is 0 Å². The number of rotatable bonds is 3. The highest BCUT2D eigenvalue weighted by atomic mass is 16.2. The predicted molar refractivity (Wildman–Crippen MR) is 55.7 cm³/mol. The maximum atomic E-state index is 11.6. The molecule has 0 radical (unpaired) electrons. The van der Waals surface area contributed by atoms with Crippen molar-refractivity contribution in [1.82, 2.24) is 9.80 Å². The summed E-state index contributed by atoms with van der Waals surface area (Å²) in [5.74, 6) is 0.209. The van der Waals surface area contributed by atoms with Gasteiger partial charge in [-0.25, -0.2) is 0 Å². The minimum atomic E-state index is -0.0661. The maximum absolute atomic E-state index is 11.6. The van der Waals surface area contributed by atoms with E-state index in [-0.39, 0.29) is 11.4 Å². The molecular formula is C10H22N2O. The van der Waals surface area contributed by atoms with E-state index in [9.17, 15) is 4.79 Å². The van der Waals surface area contributed by atoms with Crippen LogP contribution in [-0.2, 0) is 4.79 Å². The van der Waals surface area contributed by atoms with Gasteiger partial charge < -0.3 is 9.80 Å². The molecule has 78 valence electrons. The summed E-state index contributed by atoms with van der Waals surface area (Å²) in [6.07, 6.45) is 0.598. The minimum Gasteiger partial charge on any atom is -0.341 e. The molecule has 0 aromatic carbocycles. The largest absolute Gasteiger partial charge is 0.341 e. The fraction of sp³-hybridized carbons (Fsp3) is 0.900. The molecule has 3 heteroatoms. The van der Waals surface area contributed by atoms with E-state index in [2.05, 4.69) is 0 Å². The number of amides is 1. The van der Waals surface area contributed by atoms with Crippen LogP contribution in [0.3, 0.4) is 0 Å². The number of hydrogen-bond donors (Lipinski definition) is 0. The number of carbonyl (C=O) groups excluding carboxylic acids is 1. The zero-order chi connectivity index (χ0) is 10.6. The third-order valence-electron chi connectivity index (χ3n) is 2.15. The highest BCUT2D eigenvalue weighted by molar-refractivity contribution is 5.76. The van der Waals surface area contributed by atoms with Crippen LogP contribution in [0.25, 0.3) is 0 Å². The molecule has 0 unspecified atom stereocenters. The average Bonchev–Trinajstić information content (AvgIpc) is 1.96. The molecule has 3 nitrogen and oxygen atoms in total. The summed E-state index contributed by atoms with van der Waals surface area (Å²) in [6, 6.07) is 0. The summed E-state index contributed by atoms with van der Waals surface area (Å²) in [4.78, 5) is 15.4. The first kappa shape index (κ1) is 12.4. The second-order valence-electron chi connectivity index (χ2n) is 4.68. The van der Waals surface area contributed by atoms with Crippen molar-refractivity contribution < 1.29 is 4.79 Å². The molecule has 13 heavy (non-hydrogen) atoms. The van der Waals surface area contributed by atoms with E-state index in [0.29, 0.717) is 6.42 Å². The summed E-state index contributed by atoms with van der Waals surface area (Å²) in [7, 11) is 5.81. The van der Waals surface area contributed by atoms with E-state index >= 15 is 0 Å². The lowest BCUT2D eigenvalue weighted by molar-refractivity contribution is -0.134. The van der Waals surface area contributed by atoms with Gasteiger partial charge >= 0.3 is 0 Å². The van der Waals surface area contributed by atoms with Gasteiger partial charge in [-0.3, -0.25) is 4.79 Å². The third-order valence-corrected chi connectivity index (χ3v) is 2.15. The van der Waals surface area contributed by atoms with E-state index in [0.717, 1.165) is 6.54 Å². The summed E-state index contributed by atoms with van der Waals surface area (Å²) >= 11 is 0. The molecule has 0 aliphatic carbocycles. The van der Waals surface area contributed by atoms with Crippen LogP contribution in [0.5, 0.6) is 0 Å². The molecular weight excluding hydrogens is 164 g/mol. The van der Waals surface area contributed by atoms with Crippen LogP contribution in [0.2, 0.25) is 0 Å². The lowest BCUT2D eigenvalue weighted by atomic mass is 10.1. The molecule has 0 saturated heterocycles. The van der Waals surface area contributed by atoms with Gasteiger partial charge in [-0.15, -0.1) is 0 Å². The first-order valence-corrected chi connectivity index (χ1v) is 4.66. The van der Waals surface area contributed by atoms with Gasteiger partial charge in [-0.05, 0) is 34.9 Å². The smallest absolute Gasteiger partial charge is 0.224 e. The normalized spacial score (nSPS) is 11.9. The molecule has 0 atom stereocenters. The monoisotopic (exact) mass is 186 g/mol. The zero-order valence-electron chi connectivity index (χ0n) is 9.72. The van der Waals surface area contributed by atoms with Crippen molar-refractivity contribution >= 4 is 5.91 Å². The van der Waals surface area contributed by atoms with Crippen molar-refractivity contribution in [2.75, 3.05) is 27.7 Å². The number of nitrogens with zero attached hydrogens (tertiary/aromatic N) is 2. The van der Waals surface area contributed by atoms with E-state index in [1.54, 1.807) is 4.90 Å². The molecule has 0 N–H and O–H groups in total. The Labute approximate surface area is 81.7 Å². The Morgan fingerprint density at radius 1 is 1.15 bits per heavy atom. The average molecular weight is 186 g/mol. The Kier molecular flexibility index (Phi) is 4.40. The molecule has 0 aliphatic rings. The lowest BCUT2D eigenvalue weighted by Crippen LogP contribution is -2.43. The third kappa shape index (κ3) is 4.88. The number of carbonyl (C=O) groups is 1. The first-order valence-electron chi connectivity index (χ1n) is 4.66. The van der Waals surface area contributed by atoms with Crippen molar-refractivity contribution in [1.29, 1.82) is 0 Å². The van der Waals surface area contributed by atoms with E-state index in [4.69, 9.17) is 0 Å². The van der Waals surface area contributed by atoms with Crippen LogP contribution in [0, 0.1) is 0 Å². The van der Waals surface area contributed by atoms with Gasteiger partial charge in [0.15, 0.2) is 0 Å². The quantitative estimate of drug-likeness (QED) is 0.661. The molecule has 0 heterocycles. The molecule has 0 aromatic heterocycles. The van der Waals surface area contributed by atoms with E-state index in [1.165, 1.54) is 0 Å². The van der Waals surface area contributed by atoms with Crippen molar-refractivity contribution in [3.8, 4) is 0 Å². The molecule has 1 amide bonds. The van der Waals surface area contributed by atoms with Gasteiger partial charge in [-0.2, -0.15) is 0 Å². The Morgan fingerprint density at radius 2 is 1.62 bits per heavy atom. The van der Waals surface area contributed by atoms with Crippen molar-refractivity contribution in [2.45, 2.75) is 32.7 Å². The van der Waals surface area contributed by atoms with Gasteiger partial charge in [-0.1, -0.05) is 0 Å². The lowest BCUT2D eigenvalue weighted by Gasteiger charge is -2.32. The van der Waals surface area contributed by atoms with Gasteiger partial charge in [0.2, 0.25) is 5.91 Å². The summed E-state index contributed by atoms with van der Waals surface area (Å²) in [5.41, 5.74) is -0.0661. The molecule has 0 spiro atoms. The Bertz CT molecular complexity index is 170. The highest BCUT2D eigenvalue weighted by Gasteiger charge is 2.21. The van der Waals surface area contributed by atoms with Crippen LogP contribution in [0.4, 0.5) is 0 Å². The molecule has 0 aromatic rings. The second kappa shape index (κ2) is 4.61. The Balaban J connectivity index is 3.98. The van der Waals surface area contributed by atoms with Crippen LogP contribution >= 0.6 is 0 Å². The van der Waals surface area contributed by atoms with Crippen LogP contribution in [0.15, 0.2) is 0 Å². The van der Waals surface area contributed by atoms with Crippen molar-refractivity contribution in [3.05, 3.63) is 0 Å². The Hall–Kier alpha value is -0.570. The molecule has 0 bridgehead atoms. The van der Waals surface area contributed by atoms with Crippen LogP contribution < -0.4 is 0 Å². The molecule has 0 saturated carbocycles. The van der Waals surface area contributed by atoms with Crippen molar-refractivity contribution in [3.63, 3.8) is 0 Å². The topological polar surface area (TPSA) is 23.6 Å². The van der Waals surface area contributed by atoms with E-state index < -0.39 is 0 Å². The second-order valence-corrected chi connectivity index (χ2v) is 4.68. The number of hydrogen-bond acceptors (Lipinski definition) is 2. The molecule has 0 fully saturated rings. The fourth-order valence-corrected chi connectivity index (χ4v) is 0.861. The first-order chi connectivity index (χ1) is 5.75. The summed E-state index contributed by atoms with van der Waals surface area (Å²) in [5, 5.41) is 0. The standard InChI is InChI=1S/C10H22N2O/c1-10(2,3)12(6)9(13)7-8-11(4)5/h7-8H2,1-6H3. The van der Waals surface area contributed by atoms with E-state index in [1.807, 2.05) is 46.8 Å². The van der Waals surface area contributed by atoms with Crippen LogP contribution in [0.1, 0.15) is 27.2 Å². The SMILES string of the molecule is CN(C)CCC(=O)N(C)C(C)(C)C. The molecule has 0 aliphatic heterocycles. The van der Waals surface area contributed by atoms with Gasteiger partial charge in [0.25, 0.3) is 0 Å². The fourth-order valence-electron chi connectivity index (χ4n) is 0.861. The summed E-state index contributed by atoms with van der Waals surface area (Å²) < 4.78 is 0. The minimum absolute atomic E-state index is 0.0661.